The van der Waals surface area contributed by atoms with E-state index >= 15 is 0 Å². The van der Waals surface area contributed by atoms with E-state index in [4.69, 9.17) is 4.74 Å². The summed E-state index contributed by atoms with van der Waals surface area (Å²) in [4.78, 5) is 14.2. The van der Waals surface area contributed by atoms with Crippen molar-refractivity contribution in [2.45, 2.75) is 52.1 Å². The van der Waals surface area contributed by atoms with Gasteiger partial charge in [-0.3, -0.25) is 4.79 Å². The molecule has 0 amide bonds. The summed E-state index contributed by atoms with van der Waals surface area (Å²) < 4.78 is 5.76. The van der Waals surface area contributed by atoms with Crippen LogP contribution in [0, 0.1) is 0 Å². The van der Waals surface area contributed by atoms with Crippen LogP contribution in [0.5, 0.6) is 0 Å². The van der Waals surface area contributed by atoms with Gasteiger partial charge < -0.3 is 4.74 Å². The number of rotatable bonds is 5. The minimum Gasteiger partial charge on any atom is -0.374 e. The summed E-state index contributed by atoms with van der Waals surface area (Å²) in [5, 5.41) is 0. The number of fused-ring (bicyclic) bond motifs is 1. The zero-order valence-electron chi connectivity index (χ0n) is 10.6. The molecule has 0 radical (unpaired) electrons. The van der Waals surface area contributed by atoms with Crippen molar-refractivity contribution in [2.75, 3.05) is 6.61 Å². The number of aryl methyl sites for hydroxylation is 1. The number of hydrogen-bond donors (Lipinski definition) is 0. The van der Waals surface area contributed by atoms with Gasteiger partial charge in [-0.1, -0.05) is 6.92 Å². The van der Waals surface area contributed by atoms with Crippen molar-refractivity contribution in [1.29, 1.82) is 0 Å². The van der Waals surface area contributed by atoms with Gasteiger partial charge in [-0.25, -0.2) is 0 Å². The standard InChI is InChI=1S/C14H20O2S/c1-3-6-11(15)14-9-10-12(16-4-2)7-5-8-13(10)17-14/h9,12H,3-8H2,1-2H3. The van der Waals surface area contributed by atoms with Crippen molar-refractivity contribution in [3.05, 3.63) is 21.4 Å². The van der Waals surface area contributed by atoms with Gasteiger partial charge in [-0.15, -0.1) is 11.3 Å². The lowest BCUT2D eigenvalue weighted by molar-refractivity contribution is 0.0506. The molecule has 94 valence electrons. The normalized spacial score (nSPS) is 19.1. The van der Waals surface area contributed by atoms with Crippen LogP contribution in [-0.2, 0) is 11.2 Å². The zero-order chi connectivity index (χ0) is 12.3. The minimum absolute atomic E-state index is 0.225. The molecule has 0 bridgehead atoms. The molecule has 0 saturated heterocycles. The van der Waals surface area contributed by atoms with Gasteiger partial charge in [0.1, 0.15) is 0 Å². The number of Topliss-reactive ketones (excluding diaryl/α,β-unsaturated/α-hetero) is 1. The van der Waals surface area contributed by atoms with E-state index < -0.39 is 0 Å². The monoisotopic (exact) mass is 252 g/mol. The first kappa shape index (κ1) is 12.8. The van der Waals surface area contributed by atoms with Crippen molar-refractivity contribution in [2.24, 2.45) is 0 Å². The van der Waals surface area contributed by atoms with Gasteiger partial charge in [0.2, 0.25) is 0 Å². The molecule has 0 aliphatic heterocycles. The molecular formula is C14H20O2S. The second-order valence-electron chi connectivity index (χ2n) is 4.50. The van der Waals surface area contributed by atoms with Gasteiger partial charge in [0.25, 0.3) is 0 Å². The van der Waals surface area contributed by atoms with Crippen molar-refractivity contribution in [1.82, 2.24) is 0 Å². The molecular weight excluding hydrogens is 232 g/mol. The summed E-state index contributed by atoms with van der Waals surface area (Å²) in [5.74, 6) is 0.294. The first-order valence-electron chi connectivity index (χ1n) is 6.53. The predicted molar refractivity (Wildman–Crippen MR) is 70.9 cm³/mol. The van der Waals surface area contributed by atoms with Crippen LogP contribution in [0.1, 0.15) is 65.7 Å². The Balaban J connectivity index is 2.21. The van der Waals surface area contributed by atoms with E-state index in [0.29, 0.717) is 12.2 Å². The Bertz CT molecular complexity index is 395. The van der Waals surface area contributed by atoms with Gasteiger partial charge >= 0.3 is 0 Å². The quantitative estimate of drug-likeness (QED) is 0.736. The van der Waals surface area contributed by atoms with Crippen LogP contribution in [-0.4, -0.2) is 12.4 Å². The molecule has 3 heteroatoms. The van der Waals surface area contributed by atoms with E-state index in [0.717, 1.165) is 30.7 Å². The molecule has 1 aliphatic carbocycles. The first-order chi connectivity index (χ1) is 8.26. The molecule has 0 saturated carbocycles. The first-order valence-corrected chi connectivity index (χ1v) is 7.35. The fourth-order valence-electron chi connectivity index (χ4n) is 2.38. The summed E-state index contributed by atoms with van der Waals surface area (Å²) in [5.41, 5.74) is 1.28. The summed E-state index contributed by atoms with van der Waals surface area (Å²) in [6, 6.07) is 2.08. The maximum absolute atomic E-state index is 11.9. The molecule has 1 aliphatic rings. The van der Waals surface area contributed by atoms with Gasteiger partial charge in [0.15, 0.2) is 5.78 Å². The molecule has 1 unspecified atom stereocenters. The Morgan fingerprint density at radius 3 is 3.06 bits per heavy atom. The molecule has 1 heterocycles. The highest BCUT2D eigenvalue weighted by Gasteiger charge is 2.24. The van der Waals surface area contributed by atoms with Crippen LogP contribution in [0.4, 0.5) is 0 Å². The van der Waals surface area contributed by atoms with E-state index in [1.807, 2.05) is 6.92 Å². The Hall–Kier alpha value is -0.670. The third-order valence-corrected chi connectivity index (χ3v) is 4.43. The summed E-state index contributed by atoms with van der Waals surface area (Å²) in [6.45, 7) is 4.83. The largest absolute Gasteiger partial charge is 0.374 e. The summed E-state index contributed by atoms with van der Waals surface area (Å²) in [6.07, 6.45) is 5.21. The van der Waals surface area contributed by atoms with Gasteiger partial charge in [0, 0.05) is 17.9 Å². The SMILES string of the molecule is CCCC(=O)c1cc2c(s1)CCCC2OCC. The van der Waals surface area contributed by atoms with Crippen LogP contribution in [0.15, 0.2) is 6.07 Å². The maximum atomic E-state index is 11.9. The van der Waals surface area contributed by atoms with Crippen molar-refractivity contribution >= 4 is 17.1 Å². The lowest BCUT2D eigenvalue weighted by Crippen LogP contribution is -2.10. The predicted octanol–water partition coefficient (Wildman–Crippen LogP) is 4.14. The Morgan fingerprint density at radius 1 is 1.53 bits per heavy atom. The van der Waals surface area contributed by atoms with E-state index in [1.165, 1.54) is 16.9 Å². The lowest BCUT2D eigenvalue weighted by atomic mass is 9.95. The smallest absolute Gasteiger partial charge is 0.172 e. The highest BCUT2D eigenvalue weighted by atomic mass is 32.1. The molecule has 0 aromatic carbocycles. The van der Waals surface area contributed by atoms with Gasteiger partial charge in [-0.2, -0.15) is 0 Å². The molecule has 1 aromatic heterocycles. The molecule has 1 aromatic rings. The fourth-order valence-corrected chi connectivity index (χ4v) is 3.60. The van der Waals surface area contributed by atoms with Crippen LogP contribution >= 0.6 is 11.3 Å². The number of ether oxygens (including phenoxy) is 1. The lowest BCUT2D eigenvalue weighted by Gasteiger charge is -2.21. The van der Waals surface area contributed by atoms with E-state index in [1.54, 1.807) is 11.3 Å². The highest BCUT2D eigenvalue weighted by Crippen LogP contribution is 2.38. The second kappa shape index (κ2) is 5.78. The molecule has 1 atom stereocenters. The highest BCUT2D eigenvalue weighted by molar-refractivity contribution is 7.14. The number of hydrogen-bond acceptors (Lipinski definition) is 3. The Kier molecular flexibility index (Phi) is 4.35. The Morgan fingerprint density at radius 2 is 2.35 bits per heavy atom. The minimum atomic E-state index is 0.225. The maximum Gasteiger partial charge on any atom is 0.172 e. The Labute approximate surface area is 107 Å². The third-order valence-electron chi connectivity index (χ3n) is 3.18. The summed E-state index contributed by atoms with van der Waals surface area (Å²) >= 11 is 1.68. The third kappa shape index (κ3) is 2.78. The average molecular weight is 252 g/mol. The summed E-state index contributed by atoms with van der Waals surface area (Å²) in [7, 11) is 0. The number of carbonyl (C=O) groups excluding carboxylic acids is 1. The van der Waals surface area contributed by atoms with Crippen LogP contribution in [0.2, 0.25) is 0 Å². The van der Waals surface area contributed by atoms with E-state index in [2.05, 4.69) is 13.0 Å². The average Bonchev–Trinajstić information content (AvgIpc) is 2.75. The van der Waals surface area contributed by atoms with E-state index in [9.17, 15) is 4.79 Å². The molecule has 0 fully saturated rings. The van der Waals surface area contributed by atoms with Crippen LogP contribution in [0.25, 0.3) is 0 Å². The van der Waals surface area contributed by atoms with Crippen LogP contribution < -0.4 is 0 Å². The van der Waals surface area contributed by atoms with Crippen molar-refractivity contribution in [3.8, 4) is 0 Å². The fraction of sp³-hybridized carbons (Fsp3) is 0.643. The van der Waals surface area contributed by atoms with Gasteiger partial charge in [0.05, 0.1) is 11.0 Å². The molecule has 2 nitrogen and oxygen atoms in total. The van der Waals surface area contributed by atoms with Crippen molar-refractivity contribution < 1.29 is 9.53 Å². The molecule has 0 spiro atoms. The molecule has 17 heavy (non-hydrogen) atoms. The number of ketones is 1. The van der Waals surface area contributed by atoms with Crippen molar-refractivity contribution in [3.63, 3.8) is 0 Å². The van der Waals surface area contributed by atoms with Gasteiger partial charge in [-0.05, 0) is 44.2 Å². The topological polar surface area (TPSA) is 26.3 Å². The number of carbonyl (C=O) groups is 1. The molecule has 2 rings (SSSR count). The molecule has 0 N–H and O–H groups in total. The van der Waals surface area contributed by atoms with Crippen LogP contribution in [0.3, 0.4) is 0 Å². The second-order valence-corrected chi connectivity index (χ2v) is 5.64. The van der Waals surface area contributed by atoms with E-state index in [-0.39, 0.29) is 6.10 Å². The zero-order valence-corrected chi connectivity index (χ0v) is 11.4. The number of thiophene rings is 1.